The topological polar surface area (TPSA) is 24.7 Å². The molecule has 2 nitrogen and oxygen atoms in total. The summed E-state index contributed by atoms with van der Waals surface area (Å²) < 4.78 is 0. The fraction of sp³-hybridized carbons (Fsp3) is 0.333. The molecule has 0 radical (unpaired) electrons. The van der Waals surface area contributed by atoms with Gasteiger partial charge in [-0.1, -0.05) is 88.1 Å². The normalized spacial score (nSPS) is 12.2. The zero-order valence-electron chi connectivity index (χ0n) is 18.5. The second-order valence-electron chi connectivity index (χ2n) is 7.28. The van der Waals surface area contributed by atoms with Gasteiger partial charge in [0.1, 0.15) is 0 Å². The second-order valence-corrected chi connectivity index (χ2v) is 7.28. The molecule has 0 aliphatic rings. The van der Waals surface area contributed by atoms with Gasteiger partial charge in [0.05, 0.1) is 17.1 Å². The van der Waals surface area contributed by atoms with Crippen LogP contribution in [0.4, 0.5) is 11.4 Å². The van der Waals surface area contributed by atoms with E-state index < -0.39 is 0 Å². The minimum absolute atomic E-state index is 0. The van der Waals surface area contributed by atoms with E-state index in [0.717, 1.165) is 29.9 Å². The first-order chi connectivity index (χ1) is 14.2. The van der Waals surface area contributed by atoms with Gasteiger partial charge in [-0.05, 0) is 55.2 Å². The molecule has 2 aromatic carbocycles. The summed E-state index contributed by atoms with van der Waals surface area (Å²) in [6.45, 7) is 6.41. The largest absolute Gasteiger partial charge is 0.255 e. The number of hydrogen-bond donors (Lipinski definition) is 0. The van der Waals surface area contributed by atoms with Gasteiger partial charge in [0.2, 0.25) is 0 Å². The quantitative estimate of drug-likeness (QED) is 0.188. The molecule has 0 aliphatic carbocycles. The Morgan fingerprint density at radius 1 is 0.733 bits per heavy atom. The van der Waals surface area contributed by atoms with Crippen LogP contribution in [0.25, 0.3) is 12.2 Å². The fourth-order valence-corrected chi connectivity index (χ4v) is 2.81. The monoisotopic (exact) mass is 444 g/mol. The van der Waals surface area contributed by atoms with Gasteiger partial charge < -0.3 is 0 Å². The number of benzene rings is 2. The molecule has 3 heteroatoms. The summed E-state index contributed by atoms with van der Waals surface area (Å²) in [4.78, 5) is 9.17. The van der Waals surface area contributed by atoms with Crippen LogP contribution in [0, 0.1) is 0 Å². The molecule has 0 atom stereocenters. The molecule has 162 valence electrons. The molecule has 0 bridgehead atoms. The van der Waals surface area contributed by atoms with Gasteiger partial charge in [-0.25, -0.2) is 0 Å². The molecular weight excluding hydrogens is 411 g/mol. The molecule has 0 saturated heterocycles. The number of hydrogen-bond acceptors (Lipinski definition) is 2. The Morgan fingerprint density at radius 2 is 1.20 bits per heavy atom. The summed E-state index contributed by atoms with van der Waals surface area (Å²) in [5, 5.41) is 0. The van der Waals surface area contributed by atoms with Crippen molar-refractivity contribution in [3.8, 4) is 0 Å². The zero-order chi connectivity index (χ0) is 20.7. The maximum Gasteiger partial charge on any atom is 0.0633 e. The molecule has 0 amide bonds. The van der Waals surface area contributed by atoms with E-state index >= 15 is 0 Å². The van der Waals surface area contributed by atoms with Crippen molar-refractivity contribution in [3.05, 3.63) is 71.8 Å². The molecule has 0 fully saturated rings. The van der Waals surface area contributed by atoms with E-state index in [1.807, 2.05) is 25.3 Å². The van der Waals surface area contributed by atoms with Gasteiger partial charge in [0.15, 0.2) is 0 Å². The number of nitrogens with zero attached hydrogens (tertiary/aromatic N) is 2. The average molecular weight is 445 g/mol. The molecular formula is C27H34N2Ni. The molecule has 0 aliphatic heterocycles. The van der Waals surface area contributed by atoms with E-state index in [9.17, 15) is 0 Å². The Bertz CT molecular complexity index is 828. The van der Waals surface area contributed by atoms with Gasteiger partial charge in [0, 0.05) is 22.7 Å². The van der Waals surface area contributed by atoms with E-state index in [2.05, 4.69) is 84.5 Å². The summed E-state index contributed by atoms with van der Waals surface area (Å²) in [5.41, 5.74) is 5.22. The summed E-state index contributed by atoms with van der Waals surface area (Å²) in [6, 6.07) is 16.6. The van der Waals surface area contributed by atoms with Crippen LogP contribution in [0.1, 0.15) is 70.4 Å². The van der Waals surface area contributed by atoms with E-state index in [4.69, 9.17) is 0 Å². The van der Waals surface area contributed by atoms with Crippen LogP contribution in [0.2, 0.25) is 0 Å². The van der Waals surface area contributed by atoms with Crippen LogP contribution in [-0.4, -0.2) is 11.9 Å². The summed E-state index contributed by atoms with van der Waals surface area (Å²) in [7, 11) is 0. The third-order valence-corrected chi connectivity index (χ3v) is 4.56. The van der Waals surface area contributed by atoms with E-state index in [1.165, 1.54) is 36.8 Å². The van der Waals surface area contributed by atoms with Crippen molar-refractivity contribution in [2.24, 2.45) is 9.98 Å². The number of aliphatic imine (C=N–C) groups is 2. The predicted molar refractivity (Wildman–Crippen MR) is 131 cm³/mol. The summed E-state index contributed by atoms with van der Waals surface area (Å²) in [6.07, 6.45) is 17.9. The van der Waals surface area contributed by atoms with Crippen molar-refractivity contribution in [1.29, 1.82) is 0 Å². The van der Waals surface area contributed by atoms with Crippen molar-refractivity contribution in [3.63, 3.8) is 0 Å². The molecule has 0 spiro atoms. The first-order valence-electron chi connectivity index (χ1n) is 10.8. The van der Waals surface area contributed by atoms with Crippen molar-refractivity contribution in [2.75, 3.05) is 0 Å². The maximum absolute atomic E-state index is 4.63. The van der Waals surface area contributed by atoms with Crippen LogP contribution in [0.5, 0.6) is 0 Å². The van der Waals surface area contributed by atoms with E-state index in [-0.39, 0.29) is 16.5 Å². The Kier molecular flexibility index (Phi) is 13.4. The minimum Gasteiger partial charge on any atom is -0.255 e. The van der Waals surface area contributed by atoms with Gasteiger partial charge in [-0.2, -0.15) is 0 Å². The van der Waals surface area contributed by atoms with Crippen molar-refractivity contribution in [2.45, 2.75) is 59.3 Å². The van der Waals surface area contributed by atoms with Crippen LogP contribution < -0.4 is 0 Å². The molecule has 0 unspecified atom stereocenters. The zero-order valence-corrected chi connectivity index (χ0v) is 19.4. The molecule has 2 aromatic rings. The van der Waals surface area contributed by atoms with Crippen molar-refractivity contribution >= 4 is 35.5 Å². The smallest absolute Gasteiger partial charge is 0.0633 e. The van der Waals surface area contributed by atoms with Gasteiger partial charge in [-0.15, -0.1) is 0 Å². The Balaban J connectivity index is 0.00000450. The summed E-state index contributed by atoms with van der Waals surface area (Å²) in [5.74, 6) is 0. The molecule has 0 aromatic heterocycles. The SMILES string of the molecule is CCCCC=Cc1ccc(N=CC(C)=Nc2ccc(C=CCCCC)cc2)cc1.[Ni]. The first kappa shape index (κ1) is 25.8. The Hall–Kier alpha value is -2.25. The predicted octanol–water partition coefficient (Wildman–Crippen LogP) is 8.59. The fourth-order valence-electron chi connectivity index (χ4n) is 2.81. The number of allylic oxidation sites excluding steroid dienone is 2. The van der Waals surface area contributed by atoms with E-state index in [0.29, 0.717) is 0 Å². The van der Waals surface area contributed by atoms with Gasteiger partial charge >= 0.3 is 0 Å². The Labute approximate surface area is 192 Å². The minimum atomic E-state index is 0. The first-order valence-corrected chi connectivity index (χ1v) is 10.8. The number of rotatable bonds is 11. The van der Waals surface area contributed by atoms with Crippen molar-refractivity contribution < 1.29 is 16.5 Å². The molecule has 0 heterocycles. The van der Waals surface area contributed by atoms with Crippen molar-refractivity contribution in [1.82, 2.24) is 0 Å². The third-order valence-electron chi connectivity index (χ3n) is 4.56. The second kappa shape index (κ2) is 15.6. The molecule has 0 N–H and O–H groups in total. The van der Waals surface area contributed by atoms with Gasteiger partial charge in [-0.3, -0.25) is 9.98 Å². The standard InChI is InChI=1S/C27H34N2.Ni/c1-4-6-8-10-12-24-14-18-26(19-15-24)28-22-23(3)29-27-20-16-25(17-21-27)13-11-9-7-5-2;/h10-22H,4-9H2,1-3H3;. The Morgan fingerprint density at radius 3 is 1.67 bits per heavy atom. The number of unbranched alkanes of at least 4 members (excludes halogenated alkanes) is 4. The summed E-state index contributed by atoms with van der Waals surface area (Å²) >= 11 is 0. The van der Waals surface area contributed by atoms with E-state index in [1.54, 1.807) is 0 Å². The maximum atomic E-state index is 4.63. The van der Waals surface area contributed by atoms with Gasteiger partial charge in [0.25, 0.3) is 0 Å². The molecule has 2 rings (SSSR count). The van der Waals surface area contributed by atoms with Crippen LogP contribution in [0.15, 0.2) is 70.7 Å². The molecule has 30 heavy (non-hydrogen) atoms. The van der Waals surface area contributed by atoms with Crippen LogP contribution >= 0.6 is 0 Å². The molecule has 0 saturated carbocycles. The third kappa shape index (κ3) is 10.5. The average Bonchev–Trinajstić information content (AvgIpc) is 2.75. The van der Waals surface area contributed by atoms with Crippen LogP contribution in [0.3, 0.4) is 0 Å². The van der Waals surface area contributed by atoms with Crippen LogP contribution in [-0.2, 0) is 16.5 Å².